The maximum Gasteiger partial charge on any atom is 0.320 e. The van der Waals surface area contributed by atoms with Crippen LogP contribution in [0.3, 0.4) is 0 Å². The molecule has 0 aliphatic heterocycles. The van der Waals surface area contributed by atoms with Crippen LogP contribution < -0.4 is 5.73 Å². The summed E-state index contributed by atoms with van der Waals surface area (Å²) in [6.45, 7) is 3.15. The Morgan fingerprint density at radius 2 is 2.31 bits per heavy atom. The first kappa shape index (κ1) is 10.5. The molecule has 0 bridgehead atoms. The molecule has 0 saturated heterocycles. The Morgan fingerprint density at radius 1 is 1.69 bits per heavy atom. The molecular weight excluding hydrogens is 168 g/mol. The van der Waals surface area contributed by atoms with E-state index in [1.807, 2.05) is 11.8 Å². The van der Waals surface area contributed by atoms with Gasteiger partial charge in [-0.15, -0.1) is 0 Å². The van der Waals surface area contributed by atoms with Crippen LogP contribution in [0.4, 0.5) is 0 Å². The molecule has 0 amide bonds. The van der Waals surface area contributed by atoms with Crippen molar-refractivity contribution in [3.8, 4) is 0 Å². The Bertz CT molecular complexity index is 180. The lowest BCUT2D eigenvalue weighted by Gasteiger charge is -2.27. The van der Waals surface area contributed by atoms with Crippen LogP contribution in [0.5, 0.6) is 0 Å². The number of nitrogens with two attached hydrogens (primary N) is 1. The Morgan fingerprint density at radius 3 is 2.62 bits per heavy atom. The minimum absolute atomic E-state index is 0.337. The summed E-state index contributed by atoms with van der Waals surface area (Å²) in [5.74, 6) is -0.720. The normalized spacial score (nSPS) is 19.0. The zero-order valence-corrected chi connectivity index (χ0v) is 8.07. The van der Waals surface area contributed by atoms with Crippen LogP contribution in [-0.4, -0.2) is 41.1 Å². The van der Waals surface area contributed by atoms with E-state index in [1.165, 1.54) is 0 Å². The third kappa shape index (κ3) is 2.67. The van der Waals surface area contributed by atoms with Gasteiger partial charge in [0.15, 0.2) is 0 Å². The first-order chi connectivity index (χ1) is 6.20. The molecule has 1 rings (SSSR count). The van der Waals surface area contributed by atoms with Gasteiger partial charge >= 0.3 is 5.97 Å². The molecule has 0 spiro atoms. The summed E-state index contributed by atoms with van der Waals surface area (Å²) in [6, 6.07) is 0.139. The lowest BCUT2D eigenvalue weighted by Crippen LogP contribution is -2.44. The molecule has 1 atom stereocenters. The summed E-state index contributed by atoms with van der Waals surface area (Å²) in [4.78, 5) is 12.9. The van der Waals surface area contributed by atoms with Crippen molar-refractivity contribution in [2.24, 2.45) is 5.73 Å². The average Bonchev–Trinajstić information content (AvgIpc) is 2.86. The molecule has 3 N–H and O–H groups in total. The van der Waals surface area contributed by atoms with E-state index in [0.717, 1.165) is 12.8 Å². The Hall–Kier alpha value is -0.610. The molecule has 4 nitrogen and oxygen atoms in total. The predicted octanol–water partition coefficient (Wildman–Crippen LogP) is 0.273. The summed E-state index contributed by atoms with van der Waals surface area (Å²) >= 11 is 0. The van der Waals surface area contributed by atoms with Crippen molar-refractivity contribution < 1.29 is 9.90 Å². The van der Waals surface area contributed by atoms with Gasteiger partial charge < -0.3 is 10.8 Å². The standard InChI is InChI=1S/C9H18N2O2/c1-2-8(9(12)13)11(6-5-10)7-3-4-7/h7-8H,2-6,10H2,1H3,(H,12,13). The van der Waals surface area contributed by atoms with Gasteiger partial charge in [0.25, 0.3) is 0 Å². The predicted molar refractivity (Wildman–Crippen MR) is 50.5 cm³/mol. The van der Waals surface area contributed by atoms with E-state index < -0.39 is 5.97 Å². The highest BCUT2D eigenvalue weighted by Crippen LogP contribution is 2.29. The Kier molecular flexibility index (Phi) is 3.69. The van der Waals surface area contributed by atoms with Gasteiger partial charge in [-0.25, -0.2) is 0 Å². The topological polar surface area (TPSA) is 66.6 Å². The quantitative estimate of drug-likeness (QED) is 0.625. The monoisotopic (exact) mass is 186 g/mol. The summed E-state index contributed by atoms with van der Waals surface area (Å²) in [6.07, 6.45) is 2.92. The van der Waals surface area contributed by atoms with Gasteiger partial charge in [0, 0.05) is 19.1 Å². The van der Waals surface area contributed by atoms with Crippen LogP contribution in [-0.2, 0) is 4.79 Å². The van der Waals surface area contributed by atoms with Crippen LogP contribution in [0.25, 0.3) is 0 Å². The first-order valence-electron chi connectivity index (χ1n) is 4.89. The van der Waals surface area contributed by atoms with Gasteiger partial charge in [-0.2, -0.15) is 0 Å². The fourth-order valence-corrected chi connectivity index (χ4v) is 1.70. The lowest BCUT2D eigenvalue weighted by molar-refractivity contribution is -0.143. The third-order valence-electron chi connectivity index (χ3n) is 2.48. The minimum atomic E-state index is -0.720. The third-order valence-corrected chi connectivity index (χ3v) is 2.48. The first-order valence-corrected chi connectivity index (χ1v) is 4.89. The zero-order valence-electron chi connectivity index (χ0n) is 8.07. The van der Waals surface area contributed by atoms with Crippen LogP contribution in [0, 0.1) is 0 Å². The molecule has 0 aromatic heterocycles. The molecule has 0 heterocycles. The number of aliphatic carboxylic acids is 1. The largest absolute Gasteiger partial charge is 0.480 e. The van der Waals surface area contributed by atoms with Crippen LogP contribution in [0.15, 0.2) is 0 Å². The van der Waals surface area contributed by atoms with Crippen molar-refractivity contribution in [3.63, 3.8) is 0 Å². The minimum Gasteiger partial charge on any atom is -0.480 e. The molecule has 1 unspecified atom stereocenters. The summed E-state index contributed by atoms with van der Waals surface area (Å²) in [5.41, 5.74) is 5.45. The SMILES string of the molecule is CCC(C(=O)O)N(CCN)C1CC1. The van der Waals surface area contributed by atoms with Gasteiger partial charge in [0.2, 0.25) is 0 Å². The second-order valence-corrected chi connectivity index (χ2v) is 3.52. The summed E-state index contributed by atoms with van der Waals surface area (Å²) in [7, 11) is 0. The molecule has 1 fully saturated rings. The van der Waals surface area contributed by atoms with Gasteiger partial charge in [0.1, 0.15) is 6.04 Å². The second kappa shape index (κ2) is 4.58. The van der Waals surface area contributed by atoms with Gasteiger partial charge in [0.05, 0.1) is 0 Å². The number of carboxylic acids is 1. The van der Waals surface area contributed by atoms with E-state index in [0.29, 0.717) is 25.6 Å². The van der Waals surface area contributed by atoms with Crippen LogP contribution >= 0.6 is 0 Å². The number of hydrogen-bond donors (Lipinski definition) is 2. The highest BCUT2D eigenvalue weighted by Gasteiger charge is 2.35. The van der Waals surface area contributed by atoms with Crippen LogP contribution in [0.1, 0.15) is 26.2 Å². The van der Waals surface area contributed by atoms with E-state index in [-0.39, 0.29) is 6.04 Å². The molecule has 1 aliphatic carbocycles. The molecule has 0 aromatic carbocycles. The maximum absolute atomic E-state index is 10.9. The van der Waals surface area contributed by atoms with Crippen LogP contribution in [0.2, 0.25) is 0 Å². The van der Waals surface area contributed by atoms with E-state index in [2.05, 4.69) is 0 Å². The number of rotatable bonds is 6. The number of hydrogen-bond acceptors (Lipinski definition) is 3. The highest BCUT2D eigenvalue weighted by molar-refractivity contribution is 5.73. The van der Waals surface area contributed by atoms with Gasteiger partial charge in [-0.3, -0.25) is 9.69 Å². The van der Waals surface area contributed by atoms with E-state index in [1.54, 1.807) is 0 Å². The smallest absolute Gasteiger partial charge is 0.320 e. The number of nitrogens with zero attached hydrogens (tertiary/aromatic N) is 1. The molecule has 1 saturated carbocycles. The van der Waals surface area contributed by atoms with E-state index in [9.17, 15) is 4.79 Å². The van der Waals surface area contributed by atoms with Crippen molar-refractivity contribution in [1.82, 2.24) is 4.90 Å². The van der Waals surface area contributed by atoms with Crippen molar-refractivity contribution in [2.45, 2.75) is 38.3 Å². The number of carboxylic acid groups (broad SMARTS) is 1. The van der Waals surface area contributed by atoms with Crippen molar-refractivity contribution >= 4 is 5.97 Å². The van der Waals surface area contributed by atoms with Crippen molar-refractivity contribution in [3.05, 3.63) is 0 Å². The van der Waals surface area contributed by atoms with E-state index >= 15 is 0 Å². The lowest BCUT2D eigenvalue weighted by atomic mass is 10.2. The fourth-order valence-electron chi connectivity index (χ4n) is 1.70. The Balaban J connectivity index is 2.54. The molecule has 4 heteroatoms. The molecule has 76 valence electrons. The molecular formula is C9H18N2O2. The fraction of sp³-hybridized carbons (Fsp3) is 0.889. The van der Waals surface area contributed by atoms with Crippen molar-refractivity contribution in [1.29, 1.82) is 0 Å². The average molecular weight is 186 g/mol. The summed E-state index contributed by atoms with van der Waals surface area (Å²) in [5, 5.41) is 8.96. The van der Waals surface area contributed by atoms with Gasteiger partial charge in [-0.1, -0.05) is 6.92 Å². The molecule has 0 aromatic rings. The zero-order chi connectivity index (χ0) is 9.84. The van der Waals surface area contributed by atoms with E-state index in [4.69, 9.17) is 10.8 Å². The number of carbonyl (C=O) groups is 1. The maximum atomic E-state index is 10.9. The van der Waals surface area contributed by atoms with Crippen molar-refractivity contribution in [2.75, 3.05) is 13.1 Å². The molecule has 1 aliphatic rings. The highest BCUT2D eigenvalue weighted by atomic mass is 16.4. The Labute approximate surface area is 78.7 Å². The van der Waals surface area contributed by atoms with Gasteiger partial charge in [-0.05, 0) is 19.3 Å². The molecule has 13 heavy (non-hydrogen) atoms. The summed E-state index contributed by atoms with van der Waals surface area (Å²) < 4.78 is 0. The molecule has 0 radical (unpaired) electrons. The second-order valence-electron chi connectivity index (χ2n) is 3.52.